The van der Waals surface area contributed by atoms with Gasteiger partial charge in [-0.15, -0.1) is 0 Å². The predicted molar refractivity (Wildman–Crippen MR) is 97.9 cm³/mol. The average Bonchev–Trinajstić information content (AvgIpc) is 2.67. The molecule has 1 aliphatic carbocycles. The van der Waals surface area contributed by atoms with E-state index >= 15 is 0 Å². The Morgan fingerprint density at radius 1 is 1.12 bits per heavy atom. The van der Waals surface area contributed by atoms with Gasteiger partial charge in [-0.3, -0.25) is 4.79 Å². The second kappa shape index (κ2) is 7.65. The summed E-state index contributed by atoms with van der Waals surface area (Å²) < 4.78 is 10.8. The van der Waals surface area contributed by atoms with E-state index in [1.54, 1.807) is 14.2 Å². The molecule has 0 atom stereocenters. The van der Waals surface area contributed by atoms with Crippen LogP contribution in [-0.2, 0) is 17.8 Å². The van der Waals surface area contributed by atoms with Gasteiger partial charge in [0.15, 0.2) is 11.5 Å². The summed E-state index contributed by atoms with van der Waals surface area (Å²) in [7, 11) is 3.30. The van der Waals surface area contributed by atoms with Gasteiger partial charge in [0.25, 0.3) is 0 Å². The third kappa shape index (κ3) is 3.76. The molecule has 5 heteroatoms. The number of benzene rings is 1. The van der Waals surface area contributed by atoms with Gasteiger partial charge in [-0.2, -0.15) is 0 Å². The van der Waals surface area contributed by atoms with Crippen molar-refractivity contribution >= 4 is 5.91 Å². The number of nitrogens with zero attached hydrogens (tertiary/aromatic N) is 1. The van der Waals surface area contributed by atoms with Crippen molar-refractivity contribution in [2.45, 2.75) is 51.5 Å². The van der Waals surface area contributed by atoms with E-state index < -0.39 is 0 Å². The normalized spacial score (nSPS) is 19.2. The highest BCUT2D eigenvalue weighted by atomic mass is 16.5. The Kier molecular flexibility index (Phi) is 5.52. The Balaban J connectivity index is 1.72. The number of amides is 1. The molecule has 1 aromatic carbocycles. The molecular formula is C20H30N2O3. The lowest BCUT2D eigenvalue weighted by Gasteiger charge is -2.38. The Bertz CT molecular complexity index is 624. The van der Waals surface area contributed by atoms with E-state index in [1.165, 1.54) is 24.8 Å². The second-order valence-electron chi connectivity index (χ2n) is 7.48. The standard InChI is InChI=1S/C20H30N2O3/c1-24-17-10-15-6-9-22(13-16(15)11-18(17)25-2)19(23)12-20(14-21)7-4-3-5-8-20/h10-11H,3-9,12-14,21H2,1-2H3. The molecule has 2 aliphatic rings. The number of nitrogens with two attached hydrogens (primary N) is 1. The first-order chi connectivity index (χ1) is 12.1. The van der Waals surface area contributed by atoms with Crippen LogP contribution in [0, 0.1) is 5.41 Å². The van der Waals surface area contributed by atoms with E-state index in [-0.39, 0.29) is 11.3 Å². The fourth-order valence-corrected chi connectivity index (χ4v) is 4.28. The van der Waals surface area contributed by atoms with E-state index in [9.17, 15) is 4.79 Å². The van der Waals surface area contributed by atoms with Gasteiger partial charge in [0.05, 0.1) is 14.2 Å². The molecule has 0 bridgehead atoms. The van der Waals surface area contributed by atoms with Gasteiger partial charge < -0.3 is 20.1 Å². The molecule has 1 amide bonds. The van der Waals surface area contributed by atoms with Crippen molar-refractivity contribution in [2.24, 2.45) is 11.1 Å². The minimum Gasteiger partial charge on any atom is -0.493 e. The van der Waals surface area contributed by atoms with Crippen molar-refractivity contribution in [2.75, 3.05) is 27.3 Å². The average molecular weight is 346 g/mol. The van der Waals surface area contributed by atoms with Crippen LogP contribution in [0.25, 0.3) is 0 Å². The zero-order valence-corrected chi connectivity index (χ0v) is 15.5. The molecule has 1 saturated carbocycles. The topological polar surface area (TPSA) is 64.8 Å². The van der Waals surface area contributed by atoms with Crippen LogP contribution >= 0.6 is 0 Å². The smallest absolute Gasteiger partial charge is 0.223 e. The number of hydrogen-bond acceptors (Lipinski definition) is 4. The minimum atomic E-state index is 0.0210. The molecule has 1 aromatic rings. The lowest BCUT2D eigenvalue weighted by atomic mass is 9.71. The first-order valence-electron chi connectivity index (χ1n) is 9.32. The predicted octanol–water partition coefficient (Wildman–Crippen LogP) is 2.89. The van der Waals surface area contributed by atoms with Gasteiger partial charge in [-0.25, -0.2) is 0 Å². The number of hydrogen-bond donors (Lipinski definition) is 1. The van der Waals surface area contributed by atoms with E-state index in [1.807, 2.05) is 17.0 Å². The minimum absolute atomic E-state index is 0.0210. The van der Waals surface area contributed by atoms with Crippen LogP contribution in [0.5, 0.6) is 11.5 Å². The summed E-state index contributed by atoms with van der Waals surface area (Å²) in [4.78, 5) is 14.9. The molecule has 1 aliphatic heterocycles. The molecule has 138 valence electrons. The molecule has 0 aromatic heterocycles. The fourth-order valence-electron chi connectivity index (χ4n) is 4.28. The number of carbonyl (C=O) groups excluding carboxylic acids is 1. The summed E-state index contributed by atoms with van der Waals surface area (Å²) in [6.07, 6.45) is 7.29. The molecule has 2 N–H and O–H groups in total. The third-order valence-corrected chi connectivity index (χ3v) is 5.94. The van der Waals surface area contributed by atoms with Crippen molar-refractivity contribution in [3.8, 4) is 11.5 Å². The van der Waals surface area contributed by atoms with Gasteiger partial charge in [0.1, 0.15) is 0 Å². The molecule has 3 rings (SSSR count). The van der Waals surface area contributed by atoms with Gasteiger partial charge >= 0.3 is 0 Å². The van der Waals surface area contributed by atoms with Crippen LogP contribution in [0.15, 0.2) is 12.1 Å². The maximum absolute atomic E-state index is 12.9. The summed E-state index contributed by atoms with van der Waals surface area (Å²) in [5.74, 6) is 1.72. The highest BCUT2D eigenvalue weighted by Gasteiger charge is 2.35. The van der Waals surface area contributed by atoms with E-state index in [0.717, 1.165) is 42.9 Å². The molecule has 0 radical (unpaired) electrons. The van der Waals surface area contributed by atoms with Crippen LogP contribution in [0.2, 0.25) is 0 Å². The SMILES string of the molecule is COc1cc2c(cc1OC)CN(C(=O)CC1(CN)CCCCC1)CC2. The lowest BCUT2D eigenvalue weighted by molar-refractivity contribution is -0.135. The summed E-state index contributed by atoms with van der Waals surface area (Å²) in [5.41, 5.74) is 8.48. The Labute approximate surface area is 150 Å². The maximum atomic E-state index is 12.9. The first kappa shape index (κ1) is 18.1. The monoisotopic (exact) mass is 346 g/mol. The summed E-state index contributed by atoms with van der Waals surface area (Å²) in [6, 6.07) is 4.05. The Hall–Kier alpha value is -1.75. The lowest BCUT2D eigenvalue weighted by Crippen LogP contribution is -2.42. The second-order valence-corrected chi connectivity index (χ2v) is 7.48. The summed E-state index contributed by atoms with van der Waals surface area (Å²) in [6.45, 7) is 2.03. The van der Waals surface area contributed by atoms with Crippen molar-refractivity contribution < 1.29 is 14.3 Å². The molecule has 1 heterocycles. The maximum Gasteiger partial charge on any atom is 0.223 e. The van der Waals surface area contributed by atoms with Crippen molar-refractivity contribution in [1.82, 2.24) is 4.90 Å². The van der Waals surface area contributed by atoms with Gasteiger partial charge in [-0.05, 0) is 54.5 Å². The molecule has 25 heavy (non-hydrogen) atoms. The quantitative estimate of drug-likeness (QED) is 0.890. The first-order valence-corrected chi connectivity index (χ1v) is 9.32. The van der Waals surface area contributed by atoms with Crippen LogP contribution in [0.3, 0.4) is 0 Å². The fraction of sp³-hybridized carbons (Fsp3) is 0.650. The number of fused-ring (bicyclic) bond motifs is 1. The van der Waals surface area contributed by atoms with Crippen LogP contribution in [0.1, 0.15) is 49.7 Å². The van der Waals surface area contributed by atoms with Crippen LogP contribution in [-0.4, -0.2) is 38.1 Å². The van der Waals surface area contributed by atoms with E-state index in [2.05, 4.69) is 0 Å². The molecular weight excluding hydrogens is 316 g/mol. The number of carbonyl (C=O) groups is 1. The molecule has 0 saturated heterocycles. The van der Waals surface area contributed by atoms with Crippen molar-refractivity contribution in [3.05, 3.63) is 23.3 Å². The molecule has 5 nitrogen and oxygen atoms in total. The number of ether oxygens (including phenoxy) is 2. The van der Waals surface area contributed by atoms with Gasteiger partial charge in [0, 0.05) is 19.5 Å². The van der Waals surface area contributed by atoms with E-state index in [4.69, 9.17) is 15.2 Å². The van der Waals surface area contributed by atoms with Gasteiger partial charge in [0.2, 0.25) is 5.91 Å². The highest BCUT2D eigenvalue weighted by molar-refractivity contribution is 5.77. The zero-order chi connectivity index (χ0) is 17.9. The van der Waals surface area contributed by atoms with E-state index in [0.29, 0.717) is 19.5 Å². The summed E-state index contributed by atoms with van der Waals surface area (Å²) >= 11 is 0. The van der Waals surface area contributed by atoms with Gasteiger partial charge in [-0.1, -0.05) is 19.3 Å². The third-order valence-electron chi connectivity index (χ3n) is 5.94. The molecule has 0 unspecified atom stereocenters. The Morgan fingerprint density at radius 3 is 2.36 bits per heavy atom. The number of methoxy groups -OCH3 is 2. The largest absolute Gasteiger partial charge is 0.493 e. The van der Waals surface area contributed by atoms with Crippen LogP contribution in [0.4, 0.5) is 0 Å². The van der Waals surface area contributed by atoms with Crippen molar-refractivity contribution in [3.63, 3.8) is 0 Å². The van der Waals surface area contributed by atoms with Crippen LogP contribution < -0.4 is 15.2 Å². The summed E-state index contributed by atoms with van der Waals surface area (Å²) in [5, 5.41) is 0. The number of rotatable bonds is 5. The zero-order valence-electron chi connectivity index (χ0n) is 15.5. The van der Waals surface area contributed by atoms with Crippen molar-refractivity contribution in [1.29, 1.82) is 0 Å². The molecule has 0 spiro atoms. The Morgan fingerprint density at radius 2 is 1.76 bits per heavy atom. The molecule has 1 fully saturated rings. The highest BCUT2D eigenvalue weighted by Crippen LogP contribution is 2.39.